The van der Waals surface area contributed by atoms with Crippen LogP contribution in [0.3, 0.4) is 0 Å². The molecule has 0 aliphatic carbocycles. The number of rotatable bonds is 5. The topological polar surface area (TPSA) is 90.0 Å². The maximum atomic E-state index is 13.2. The third kappa shape index (κ3) is 4.80. The fourth-order valence-electron chi connectivity index (χ4n) is 4.44. The molecular formula is C25H28N4O4. The van der Waals surface area contributed by atoms with Crippen molar-refractivity contribution in [3.63, 3.8) is 0 Å². The van der Waals surface area contributed by atoms with E-state index in [1.807, 2.05) is 24.3 Å². The molecular weight excluding hydrogens is 420 g/mol. The highest BCUT2D eigenvalue weighted by atomic mass is 16.2. The Morgan fingerprint density at radius 1 is 0.909 bits per heavy atom. The Labute approximate surface area is 193 Å². The summed E-state index contributed by atoms with van der Waals surface area (Å²) in [6, 6.07) is 13.6. The van der Waals surface area contributed by atoms with Crippen molar-refractivity contribution >= 4 is 29.3 Å². The Morgan fingerprint density at radius 2 is 1.55 bits per heavy atom. The van der Waals surface area contributed by atoms with Crippen molar-refractivity contribution in [1.29, 1.82) is 0 Å². The zero-order valence-electron chi connectivity index (χ0n) is 18.9. The zero-order chi connectivity index (χ0) is 23.5. The largest absolute Gasteiger partial charge is 0.340 e. The Balaban J connectivity index is 1.35. The summed E-state index contributed by atoms with van der Waals surface area (Å²) in [6.45, 7) is 6.53. The lowest BCUT2D eigenvalue weighted by Gasteiger charge is -2.28. The quantitative estimate of drug-likeness (QED) is 0.710. The van der Waals surface area contributed by atoms with Gasteiger partial charge in [0.1, 0.15) is 6.04 Å². The van der Waals surface area contributed by atoms with Gasteiger partial charge in [0.25, 0.3) is 11.8 Å². The van der Waals surface area contributed by atoms with Crippen LogP contribution >= 0.6 is 0 Å². The molecule has 2 aromatic carbocycles. The highest BCUT2D eigenvalue weighted by Crippen LogP contribution is 2.25. The number of nitrogens with zero attached hydrogens (tertiary/aromatic N) is 3. The van der Waals surface area contributed by atoms with Crippen molar-refractivity contribution in [2.75, 3.05) is 31.5 Å². The summed E-state index contributed by atoms with van der Waals surface area (Å²) in [5.74, 6) is -1.12. The molecule has 0 bridgehead atoms. The van der Waals surface area contributed by atoms with Gasteiger partial charge in [-0.2, -0.15) is 0 Å². The summed E-state index contributed by atoms with van der Waals surface area (Å²) in [5, 5.41) is 2.76. The second-order valence-electron chi connectivity index (χ2n) is 8.53. The van der Waals surface area contributed by atoms with Gasteiger partial charge in [0.2, 0.25) is 11.8 Å². The summed E-state index contributed by atoms with van der Waals surface area (Å²) in [6.07, 6.45) is 0.810. The molecule has 1 fully saturated rings. The van der Waals surface area contributed by atoms with Gasteiger partial charge in [0.05, 0.1) is 11.1 Å². The molecule has 8 heteroatoms. The maximum Gasteiger partial charge on any atom is 0.262 e. The Bertz CT molecular complexity index is 1050. The van der Waals surface area contributed by atoms with Gasteiger partial charge in [-0.05, 0) is 43.2 Å². The lowest BCUT2D eigenvalue weighted by molar-refractivity contribution is -0.134. The van der Waals surface area contributed by atoms with Crippen LogP contribution in [-0.2, 0) is 16.1 Å². The van der Waals surface area contributed by atoms with Gasteiger partial charge >= 0.3 is 0 Å². The number of hydrogen-bond acceptors (Lipinski definition) is 5. The number of anilines is 1. The van der Waals surface area contributed by atoms with Crippen LogP contribution in [0.15, 0.2) is 48.5 Å². The Morgan fingerprint density at radius 3 is 2.15 bits per heavy atom. The highest BCUT2D eigenvalue weighted by molar-refractivity contribution is 6.22. The van der Waals surface area contributed by atoms with Crippen LogP contribution in [0.4, 0.5) is 5.69 Å². The molecule has 2 heterocycles. The molecule has 1 atom stereocenters. The minimum atomic E-state index is -0.842. The minimum Gasteiger partial charge on any atom is -0.340 e. The summed E-state index contributed by atoms with van der Waals surface area (Å²) in [4.78, 5) is 55.0. The van der Waals surface area contributed by atoms with Crippen LogP contribution < -0.4 is 5.32 Å². The van der Waals surface area contributed by atoms with Crippen molar-refractivity contribution in [3.8, 4) is 0 Å². The van der Waals surface area contributed by atoms with Gasteiger partial charge in [-0.15, -0.1) is 0 Å². The second kappa shape index (κ2) is 9.54. The summed E-state index contributed by atoms with van der Waals surface area (Å²) in [5.41, 5.74) is 2.60. The molecule has 1 N–H and O–H groups in total. The first-order chi connectivity index (χ1) is 15.8. The van der Waals surface area contributed by atoms with E-state index < -0.39 is 17.9 Å². The zero-order valence-corrected chi connectivity index (χ0v) is 18.9. The van der Waals surface area contributed by atoms with Crippen LogP contribution in [0, 0.1) is 0 Å². The predicted molar refractivity (Wildman–Crippen MR) is 124 cm³/mol. The first-order valence-corrected chi connectivity index (χ1v) is 11.2. The lowest BCUT2D eigenvalue weighted by atomic mass is 10.1. The Hall–Kier alpha value is -3.52. The second-order valence-corrected chi connectivity index (χ2v) is 8.53. The van der Waals surface area contributed by atoms with Crippen molar-refractivity contribution < 1.29 is 19.2 Å². The summed E-state index contributed by atoms with van der Waals surface area (Å²) in [7, 11) is 0. The number of carbonyl (C=O) groups is 4. The molecule has 2 aliphatic heterocycles. The first-order valence-electron chi connectivity index (χ1n) is 11.2. The minimum absolute atomic E-state index is 0.101. The van der Waals surface area contributed by atoms with E-state index in [9.17, 15) is 19.2 Å². The number of amides is 4. The van der Waals surface area contributed by atoms with E-state index >= 15 is 0 Å². The standard InChI is InChI=1S/C25H28N4O4/c1-17(29-24(32)21-6-3-4-7-22(21)25(29)33)23(31)28-13-5-12-27(14-15-28)16-19-8-10-20(11-9-19)26-18(2)30/h3-4,6-11,17H,5,12-16H2,1-2H3,(H,26,30). The molecule has 4 amide bonds. The molecule has 2 aromatic rings. The average Bonchev–Trinajstić information content (AvgIpc) is 2.94. The van der Waals surface area contributed by atoms with Gasteiger partial charge in [-0.25, -0.2) is 0 Å². The van der Waals surface area contributed by atoms with Crippen LogP contribution in [0.5, 0.6) is 0 Å². The number of imide groups is 1. The van der Waals surface area contributed by atoms with Gasteiger partial charge in [-0.3, -0.25) is 29.0 Å². The van der Waals surface area contributed by atoms with Gasteiger partial charge in [0, 0.05) is 45.3 Å². The summed E-state index contributed by atoms with van der Waals surface area (Å²) < 4.78 is 0. The fourth-order valence-corrected chi connectivity index (χ4v) is 4.44. The van der Waals surface area contributed by atoms with Gasteiger partial charge in [0.15, 0.2) is 0 Å². The van der Waals surface area contributed by atoms with Crippen molar-refractivity contribution in [2.24, 2.45) is 0 Å². The SMILES string of the molecule is CC(=O)Nc1ccc(CN2CCCN(C(=O)C(C)N3C(=O)c4ccccc4C3=O)CC2)cc1. The van der Waals surface area contributed by atoms with Crippen molar-refractivity contribution in [2.45, 2.75) is 32.9 Å². The van der Waals surface area contributed by atoms with E-state index in [4.69, 9.17) is 0 Å². The normalized spacial score (nSPS) is 17.5. The molecule has 172 valence electrons. The molecule has 8 nitrogen and oxygen atoms in total. The highest BCUT2D eigenvalue weighted by Gasteiger charge is 2.41. The predicted octanol–water partition coefficient (Wildman–Crippen LogP) is 2.36. The monoisotopic (exact) mass is 448 g/mol. The van der Waals surface area contributed by atoms with E-state index in [0.29, 0.717) is 30.8 Å². The third-order valence-electron chi connectivity index (χ3n) is 6.15. The summed E-state index contributed by atoms with van der Waals surface area (Å²) >= 11 is 0. The van der Waals surface area contributed by atoms with Crippen molar-refractivity contribution in [3.05, 3.63) is 65.2 Å². The fraction of sp³-hybridized carbons (Fsp3) is 0.360. The van der Waals surface area contributed by atoms with Crippen LogP contribution in [0.25, 0.3) is 0 Å². The number of hydrogen-bond donors (Lipinski definition) is 1. The van der Waals surface area contributed by atoms with Gasteiger partial charge < -0.3 is 10.2 Å². The van der Waals surface area contributed by atoms with E-state index in [2.05, 4.69) is 10.2 Å². The van der Waals surface area contributed by atoms with Gasteiger partial charge in [-0.1, -0.05) is 24.3 Å². The van der Waals surface area contributed by atoms with E-state index in [1.54, 1.807) is 36.1 Å². The molecule has 4 rings (SSSR count). The molecule has 1 saturated heterocycles. The molecule has 0 saturated carbocycles. The Kier molecular flexibility index (Phi) is 6.55. The van der Waals surface area contributed by atoms with E-state index in [1.165, 1.54) is 6.92 Å². The number of nitrogens with one attached hydrogen (secondary N) is 1. The first kappa shape index (κ1) is 22.7. The van der Waals surface area contributed by atoms with E-state index in [0.717, 1.165) is 35.7 Å². The third-order valence-corrected chi connectivity index (χ3v) is 6.15. The maximum absolute atomic E-state index is 13.2. The van der Waals surface area contributed by atoms with Crippen LogP contribution in [0.2, 0.25) is 0 Å². The van der Waals surface area contributed by atoms with Crippen LogP contribution in [-0.4, -0.2) is 70.5 Å². The lowest BCUT2D eigenvalue weighted by Crippen LogP contribution is -2.50. The number of carbonyl (C=O) groups excluding carboxylic acids is 4. The molecule has 0 radical (unpaired) electrons. The van der Waals surface area contributed by atoms with Crippen LogP contribution in [0.1, 0.15) is 46.5 Å². The molecule has 0 spiro atoms. The van der Waals surface area contributed by atoms with Crippen molar-refractivity contribution in [1.82, 2.24) is 14.7 Å². The molecule has 33 heavy (non-hydrogen) atoms. The van der Waals surface area contributed by atoms with E-state index in [-0.39, 0.29) is 11.8 Å². The molecule has 2 aliphatic rings. The average molecular weight is 449 g/mol. The molecule has 0 aromatic heterocycles. The smallest absolute Gasteiger partial charge is 0.262 e. The molecule has 1 unspecified atom stereocenters. The number of benzene rings is 2. The number of fused-ring (bicyclic) bond motifs is 1.